The van der Waals surface area contributed by atoms with E-state index in [1.807, 2.05) is 26.8 Å². The summed E-state index contributed by atoms with van der Waals surface area (Å²) in [5.41, 5.74) is -0.0553. The molecule has 1 amide bonds. The summed E-state index contributed by atoms with van der Waals surface area (Å²) in [6.07, 6.45) is 1.37. The van der Waals surface area contributed by atoms with Crippen LogP contribution in [0.4, 0.5) is 0 Å². The number of carbonyl (C=O) groups excluding carboxylic acids is 1. The van der Waals surface area contributed by atoms with E-state index in [4.69, 9.17) is 4.74 Å². The number of benzene rings is 1. The largest absolute Gasteiger partial charge is 0.493 e. The molecule has 19 heavy (non-hydrogen) atoms. The summed E-state index contributed by atoms with van der Waals surface area (Å²) >= 11 is 0. The van der Waals surface area contributed by atoms with Gasteiger partial charge in [0.2, 0.25) is 0 Å². The molecule has 0 radical (unpaired) electrons. The van der Waals surface area contributed by atoms with Crippen LogP contribution in [0.1, 0.15) is 44.0 Å². The second-order valence-electron chi connectivity index (χ2n) is 4.53. The first-order chi connectivity index (χ1) is 9.12. The molecule has 0 aromatic heterocycles. The molecule has 1 aromatic rings. The highest BCUT2D eigenvalue weighted by Gasteiger charge is 2.28. The van der Waals surface area contributed by atoms with Gasteiger partial charge in [-0.3, -0.25) is 4.79 Å². The Bertz CT molecular complexity index is 405. The van der Waals surface area contributed by atoms with Crippen LogP contribution in [0.2, 0.25) is 0 Å². The third kappa shape index (κ3) is 3.70. The van der Waals surface area contributed by atoms with Crippen molar-refractivity contribution in [1.82, 2.24) is 5.32 Å². The second-order valence-corrected chi connectivity index (χ2v) is 4.53. The van der Waals surface area contributed by atoms with Gasteiger partial charge in [-0.15, -0.1) is 0 Å². The highest BCUT2D eigenvalue weighted by atomic mass is 16.5. The van der Waals surface area contributed by atoms with Crippen LogP contribution in [-0.4, -0.2) is 29.8 Å². The first kappa shape index (κ1) is 15.5. The molecular weight excluding hydrogens is 242 g/mol. The van der Waals surface area contributed by atoms with Gasteiger partial charge in [0.1, 0.15) is 5.75 Å². The summed E-state index contributed by atoms with van der Waals surface area (Å²) < 4.78 is 5.45. The van der Waals surface area contributed by atoms with Crippen LogP contribution in [0, 0.1) is 0 Å². The van der Waals surface area contributed by atoms with Gasteiger partial charge in [-0.05, 0) is 31.9 Å². The molecule has 4 heteroatoms. The van der Waals surface area contributed by atoms with Crippen LogP contribution in [0.3, 0.4) is 0 Å². The highest BCUT2D eigenvalue weighted by Crippen LogP contribution is 2.21. The zero-order valence-electron chi connectivity index (χ0n) is 11.9. The van der Waals surface area contributed by atoms with Gasteiger partial charge in [0.05, 0.1) is 24.3 Å². The number of aliphatic hydroxyl groups excluding tert-OH is 1. The zero-order chi connectivity index (χ0) is 14.3. The average molecular weight is 265 g/mol. The fourth-order valence-electron chi connectivity index (χ4n) is 1.93. The van der Waals surface area contributed by atoms with Crippen molar-refractivity contribution in [2.45, 2.75) is 39.2 Å². The molecule has 0 aliphatic carbocycles. The van der Waals surface area contributed by atoms with E-state index in [1.54, 1.807) is 18.2 Å². The van der Waals surface area contributed by atoms with Gasteiger partial charge >= 0.3 is 0 Å². The maximum absolute atomic E-state index is 12.3. The summed E-state index contributed by atoms with van der Waals surface area (Å²) in [6, 6.07) is 7.14. The summed E-state index contributed by atoms with van der Waals surface area (Å²) in [5.74, 6) is 0.364. The van der Waals surface area contributed by atoms with Crippen molar-refractivity contribution in [3.63, 3.8) is 0 Å². The lowest BCUT2D eigenvalue weighted by Crippen LogP contribution is -2.50. The van der Waals surface area contributed by atoms with E-state index in [-0.39, 0.29) is 12.5 Å². The van der Waals surface area contributed by atoms with Gasteiger partial charge in [-0.2, -0.15) is 0 Å². The Labute approximate surface area is 114 Å². The monoisotopic (exact) mass is 265 g/mol. The number of carbonyl (C=O) groups is 1. The minimum Gasteiger partial charge on any atom is -0.493 e. The Morgan fingerprint density at radius 1 is 1.26 bits per heavy atom. The van der Waals surface area contributed by atoms with E-state index in [9.17, 15) is 9.90 Å². The molecule has 1 rings (SSSR count). The molecule has 0 spiro atoms. The first-order valence-corrected chi connectivity index (χ1v) is 6.77. The number of para-hydroxylation sites is 1. The molecule has 0 fully saturated rings. The number of hydrogen-bond acceptors (Lipinski definition) is 3. The standard InChI is InChI=1S/C15H23NO3/c1-4-15(5-2,11-17)16-14(18)12-9-7-8-10-13(12)19-6-3/h7-10,17H,4-6,11H2,1-3H3,(H,16,18). The average Bonchev–Trinajstić information content (AvgIpc) is 2.46. The Morgan fingerprint density at radius 3 is 2.42 bits per heavy atom. The molecule has 2 N–H and O–H groups in total. The number of hydrogen-bond donors (Lipinski definition) is 2. The summed E-state index contributed by atoms with van der Waals surface area (Å²) in [5, 5.41) is 12.4. The lowest BCUT2D eigenvalue weighted by atomic mass is 9.93. The quantitative estimate of drug-likeness (QED) is 0.795. The van der Waals surface area contributed by atoms with E-state index >= 15 is 0 Å². The molecule has 106 valence electrons. The normalized spacial score (nSPS) is 11.2. The van der Waals surface area contributed by atoms with E-state index < -0.39 is 5.54 Å². The Kier molecular flexibility index (Phi) is 5.83. The van der Waals surface area contributed by atoms with Crippen molar-refractivity contribution >= 4 is 5.91 Å². The molecule has 0 bridgehead atoms. The number of aliphatic hydroxyl groups is 1. The molecule has 4 nitrogen and oxygen atoms in total. The maximum atomic E-state index is 12.3. The number of rotatable bonds is 7. The van der Waals surface area contributed by atoms with Gasteiger partial charge in [0.15, 0.2) is 0 Å². The predicted octanol–water partition coefficient (Wildman–Crippen LogP) is 2.37. The lowest BCUT2D eigenvalue weighted by Gasteiger charge is -2.31. The summed E-state index contributed by atoms with van der Waals surface area (Å²) in [4.78, 5) is 12.3. The van der Waals surface area contributed by atoms with Crippen LogP contribution >= 0.6 is 0 Å². The fourth-order valence-corrected chi connectivity index (χ4v) is 1.93. The van der Waals surface area contributed by atoms with Crippen molar-refractivity contribution < 1.29 is 14.6 Å². The smallest absolute Gasteiger partial charge is 0.255 e. The van der Waals surface area contributed by atoms with Crippen molar-refractivity contribution in [3.8, 4) is 5.75 Å². The molecular formula is C15H23NO3. The van der Waals surface area contributed by atoms with Crippen molar-refractivity contribution in [1.29, 1.82) is 0 Å². The van der Waals surface area contributed by atoms with E-state index in [0.717, 1.165) is 0 Å². The molecule has 0 atom stereocenters. The van der Waals surface area contributed by atoms with Gasteiger partial charge in [-0.25, -0.2) is 0 Å². The SMILES string of the molecule is CCOc1ccccc1C(=O)NC(CC)(CC)CO. The highest BCUT2D eigenvalue weighted by molar-refractivity contribution is 5.97. The summed E-state index contributed by atoms with van der Waals surface area (Å²) in [7, 11) is 0. The van der Waals surface area contributed by atoms with Gasteiger partial charge in [0, 0.05) is 0 Å². The van der Waals surface area contributed by atoms with Crippen LogP contribution in [0.5, 0.6) is 5.75 Å². The molecule has 0 unspecified atom stereocenters. The van der Waals surface area contributed by atoms with Crippen LogP contribution < -0.4 is 10.1 Å². The van der Waals surface area contributed by atoms with Crippen LogP contribution in [0.15, 0.2) is 24.3 Å². The number of nitrogens with one attached hydrogen (secondary N) is 1. The number of ether oxygens (including phenoxy) is 1. The zero-order valence-corrected chi connectivity index (χ0v) is 11.9. The van der Waals surface area contributed by atoms with Gasteiger partial charge in [-0.1, -0.05) is 26.0 Å². The molecule has 0 saturated carbocycles. The van der Waals surface area contributed by atoms with E-state index in [2.05, 4.69) is 5.32 Å². The van der Waals surface area contributed by atoms with Crippen molar-refractivity contribution in [2.24, 2.45) is 0 Å². The molecule has 1 aromatic carbocycles. The van der Waals surface area contributed by atoms with Gasteiger partial charge in [0.25, 0.3) is 5.91 Å². The van der Waals surface area contributed by atoms with E-state index in [1.165, 1.54) is 0 Å². The molecule has 0 saturated heterocycles. The third-order valence-corrected chi connectivity index (χ3v) is 3.47. The summed E-state index contributed by atoms with van der Waals surface area (Å²) in [6.45, 7) is 6.23. The lowest BCUT2D eigenvalue weighted by molar-refractivity contribution is 0.0814. The molecule has 0 aliphatic heterocycles. The minimum absolute atomic E-state index is 0.0669. The Balaban J connectivity index is 2.94. The minimum atomic E-state index is -0.559. The van der Waals surface area contributed by atoms with Crippen LogP contribution in [0.25, 0.3) is 0 Å². The predicted molar refractivity (Wildman–Crippen MR) is 75.5 cm³/mol. The third-order valence-electron chi connectivity index (χ3n) is 3.47. The second kappa shape index (κ2) is 7.14. The topological polar surface area (TPSA) is 58.6 Å². The number of amides is 1. The Hall–Kier alpha value is -1.55. The van der Waals surface area contributed by atoms with Gasteiger partial charge < -0.3 is 15.2 Å². The molecule has 0 heterocycles. The van der Waals surface area contributed by atoms with E-state index in [0.29, 0.717) is 30.8 Å². The van der Waals surface area contributed by atoms with Crippen molar-refractivity contribution in [3.05, 3.63) is 29.8 Å². The van der Waals surface area contributed by atoms with Crippen molar-refractivity contribution in [2.75, 3.05) is 13.2 Å². The fraction of sp³-hybridized carbons (Fsp3) is 0.533. The Morgan fingerprint density at radius 2 is 1.89 bits per heavy atom. The maximum Gasteiger partial charge on any atom is 0.255 e. The molecule has 0 aliphatic rings. The van der Waals surface area contributed by atoms with Crippen LogP contribution in [-0.2, 0) is 0 Å². The first-order valence-electron chi connectivity index (χ1n) is 6.77.